The van der Waals surface area contributed by atoms with Gasteiger partial charge in [-0.15, -0.1) is 5.10 Å². The largest absolute Gasteiger partial charge is 0.333 e. The lowest BCUT2D eigenvalue weighted by Crippen LogP contribution is -2.48. The highest BCUT2D eigenvalue weighted by Crippen LogP contribution is 2.12. The van der Waals surface area contributed by atoms with Crippen LogP contribution in [0.25, 0.3) is 0 Å². The van der Waals surface area contributed by atoms with E-state index in [2.05, 4.69) is 36.9 Å². The number of carbonyl (C=O) groups is 1. The molecule has 6 nitrogen and oxygen atoms in total. The standard InChI is InChI=1S/C14H19N5OS/c1-2-12-15-13(17-16-12)14(20)19-6-4-18(5-7-19)9-11-3-8-21-10-11/h3,8,10H,2,4-7,9H2,1H3,(H,15,16,17). The molecule has 0 aromatic carbocycles. The van der Waals surface area contributed by atoms with E-state index in [9.17, 15) is 4.79 Å². The number of rotatable bonds is 4. The quantitative estimate of drug-likeness (QED) is 0.927. The highest BCUT2D eigenvalue weighted by molar-refractivity contribution is 7.07. The first-order valence-corrected chi connectivity index (χ1v) is 8.14. The summed E-state index contributed by atoms with van der Waals surface area (Å²) in [4.78, 5) is 20.7. The number of thiophene rings is 1. The van der Waals surface area contributed by atoms with Gasteiger partial charge >= 0.3 is 0 Å². The van der Waals surface area contributed by atoms with Gasteiger partial charge in [0.1, 0.15) is 5.82 Å². The summed E-state index contributed by atoms with van der Waals surface area (Å²) in [6, 6.07) is 2.15. The van der Waals surface area contributed by atoms with Crippen molar-refractivity contribution in [3.63, 3.8) is 0 Å². The van der Waals surface area contributed by atoms with Crippen molar-refractivity contribution in [2.45, 2.75) is 19.9 Å². The zero-order valence-corrected chi connectivity index (χ0v) is 12.9. The topological polar surface area (TPSA) is 65.1 Å². The summed E-state index contributed by atoms with van der Waals surface area (Å²) in [5, 5.41) is 11.1. The maximum absolute atomic E-state index is 12.3. The minimum Gasteiger partial charge on any atom is -0.333 e. The van der Waals surface area contributed by atoms with Crippen LogP contribution in [0.3, 0.4) is 0 Å². The Balaban J connectivity index is 1.54. The van der Waals surface area contributed by atoms with E-state index in [0.29, 0.717) is 0 Å². The van der Waals surface area contributed by atoms with E-state index in [4.69, 9.17) is 0 Å². The van der Waals surface area contributed by atoms with E-state index < -0.39 is 0 Å². The number of amides is 1. The SMILES string of the molecule is CCc1nc(C(=O)N2CCN(Cc3ccsc3)CC2)n[nH]1. The number of carbonyl (C=O) groups excluding carboxylic acids is 1. The van der Waals surface area contributed by atoms with Gasteiger partial charge in [-0.25, -0.2) is 4.98 Å². The van der Waals surface area contributed by atoms with Gasteiger partial charge in [-0.1, -0.05) is 6.92 Å². The fourth-order valence-electron chi connectivity index (χ4n) is 2.44. The highest BCUT2D eigenvalue weighted by Gasteiger charge is 2.24. The van der Waals surface area contributed by atoms with Gasteiger partial charge < -0.3 is 4.90 Å². The summed E-state index contributed by atoms with van der Waals surface area (Å²) in [6.45, 7) is 6.21. The third-order valence-electron chi connectivity index (χ3n) is 3.70. The number of aromatic amines is 1. The van der Waals surface area contributed by atoms with E-state index in [0.717, 1.165) is 45.0 Å². The predicted molar refractivity (Wildman–Crippen MR) is 81.3 cm³/mol. The van der Waals surface area contributed by atoms with E-state index in [1.54, 1.807) is 11.3 Å². The number of hydrogen-bond acceptors (Lipinski definition) is 5. The predicted octanol–water partition coefficient (Wildman–Crippen LogP) is 1.39. The molecule has 1 amide bonds. The van der Waals surface area contributed by atoms with Crippen molar-refractivity contribution in [3.8, 4) is 0 Å². The normalized spacial score (nSPS) is 16.3. The molecule has 3 rings (SSSR count). The first kappa shape index (κ1) is 14.2. The molecular weight excluding hydrogens is 286 g/mol. The Bertz CT molecular complexity index is 586. The molecule has 1 aliphatic rings. The van der Waals surface area contributed by atoms with Crippen molar-refractivity contribution in [2.75, 3.05) is 26.2 Å². The first-order valence-electron chi connectivity index (χ1n) is 7.20. The molecule has 0 spiro atoms. The van der Waals surface area contributed by atoms with E-state index >= 15 is 0 Å². The lowest BCUT2D eigenvalue weighted by Gasteiger charge is -2.34. The van der Waals surface area contributed by atoms with Gasteiger partial charge in [0.15, 0.2) is 0 Å². The Labute approximate surface area is 127 Å². The van der Waals surface area contributed by atoms with Crippen LogP contribution < -0.4 is 0 Å². The lowest BCUT2D eigenvalue weighted by molar-refractivity contribution is 0.0617. The van der Waals surface area contributed by atoms with Crippen LogP contribution in [0.4, 0.5) is 0 Å². The van der Waals surface area contributed by atoms with Gasteiger partial charge in [0.25, 0.3) is 5.91 Å². The molecule has 0 bridgehead atoms. The molecule has 2 aromatic heterocycles. The van der Waals surface area contributed by atoms with E-state index in [-0.39, 0.29) is 11.7 Å². The van der Waals surface area contributed by atoms with Crippen molar-refractivity contribution in [2.24, 2.45) is 0 Å². The Morgan fingerprint density at radius 3 is 2.81 bits per heavy atom. The van der Waals surface area contributed by atoms with Crippen molar-refractivity contribution >= 4 is 17.2 Å². The smallest absolute Gasteiger partial charge is 0.293 e. The summed E-state index contributed by atoms with van der Waals surface area (Å²) in [5.41, 5.74) is 1.35. The average Bonchev–Trinajstić information content (AvgIpc) is 3.18. The monoisotopic (exact) mass is 305 g/mol. The molecule has 1 saturated heterocycles. The minimum atomic E-state index is -0.0684. The average molecular weight is 305 g/mol. The highest BCUT2D eigenvalue weighted by atomic mass is 32.1. The second-order valence-electron chi connectivity index (χ2n) is 5.16. The fourth-order valence-corrected chi connectivity index (χ4v) is 3.10. The molecule has 7 heteroatoms. The maximum Gasteiger partial charge on any atom is 0.293 e. The molecule has 0 radical (unpaired) electrons. The third kappa shape index (κ3) is 3.30. The van der Waals surface area contributed by atoms with Gasteiger partial charge in [-0.3, -0.25) is 14.8 Å². The summed E-state index contributed by atoms with van der Waals surface area (Å²) < 4.78 is 0. The number of aromatic nitrogens is 3. The number of nitrogens with one attached hydrogen (secondary N) is 1. The molecule has 0 atom stereocenters. The number of H-pyrrole nitrogens is 1. The molecule has 1 N–H and O–H groups in total. The molecule has 0 aliphatic carbocycles. The molecule has 0 unspecified atom stereocenters. The zero-order valence-electron chi connectivity index (χ0n) is 12.1. The van der Waals surface area contributed by atoms with Gasteiger partial charge in [0, 0.05) is 39.1 Å². The number of hydrogen-bond donors (Lipinski definition) is 1. The Morgan fingerprint density at radius 1 is 1.38 bits per heavy atom. The first-order chi connectivity index (χ1) is 10.3. The molecule has 1 fully saturated rings. The van der Waals surface area contributed by atoms with Crippen LogP contribution in [-0.2, 0) is 13.0 Å². The Kier molecular flexibility index (Phi) is 4.31. The maximum atomic E-state index is 12.3. The fraction of sp³-hybridized carbons (Fsp3) is 0.500. The van der Waals surface area contributed by atoms with Crippen LogP contribution in [0.5, 0.6) is 0 Å². The summed E-state index contributed by atoms with van der Waals surface area (Å²) in [5.74, 6) is 0.980. The lowest BCUT2D eigenvalue weighted by atomic mass is 10.2. The van der Waals surface area contributed by atoms with Crippen LogP contribution in [0.15, 0.2) is 16.8 Å². The van der Waals surface area contributed by atoms with Crippen LogP contribution in [-0.4, -0.2) is 57.1 Å². The van der Waals surface area contributed by atoms with Gasteiger partial charge in [-0.2, -0.15) is 11.3 Å². The molecule has 21 heavy (non-hydrogen) atoms. The van der Waals surface area contributed by atoms with Crippen LogP contribution >= 0.6 is 11.3 Å². The van der Waals surface area contributed by atoms with Gasteiger partial charge in [0.2, 0.25) is 5.82 Å². The summed E-state index contributed by atoms with van der Waals surface area (Å²) in [7, 11) is 0. The van der Waals surface area contributed by atoms with Crippen LogP contribution in [0, 0.1) is 0 Å². The molecular formula is C14H19N5OS. The van der Waals surface area contributed by atoms with Gasteiger partial charge in [0.05, 0.1) is 0 Å². The zero-order chi connectivity index (χ0) is 14.7. The minimum absolute atomic E-state index is 0.0684. The van der Waals surface area contributed by atoms with Crippen LogP contribution in [0.2, 0.25) is 0 Å². The Hall–Kier alpha value is -1.73. The number of piperazine rings is 1. The second kappa shape index (κ2) is 6.36. The van der Waals surface area contributed by atoms with E-state index in [1.807, 2.05) is 11.8 Å². The number of nitrogens with zero attached hydrogens (tertiary/aromatic N) is 4. The van der Waals surface area contributed by atoms with Crippen LogP contribution in [0.1, 0.15) is 28.9 Å². The molecule has 1 aliphatic heterocycles. The van der Waals surface area contributed by atoms with Crippen molar-refractivity contribution in [3.05, 3.63) is 34.0 Å². The summed E-state index contributed by atoms with van der Waals surface area (Å²) in [6.07, 6.45) is 0.759. The number of aryl methyl sites for hydroxylation is 1. The third-order valence-corrected chi connectivity index (χ3v) is 4.44. The van der Waals surface area contributed by atoms with Crippen molar-refractivity contribution in [1.29, 1.82) is 0 Å². The van der Waals surface area contributed by atoms with E-state index in [1.165, 1.54) is 5.56 Å². The molecule has 112 valence electrons. The van der Waals surface area contributed by atoms with Crippen molar-refractivity contribution in [1.82, 2.24) is 25.0 Å². The van der Waals surface area contributed by atoms with Gasteiger partial charge in [-0.05, 0) is 22.4 Å². The molecule has 0 saturated carbocycles. The summed E-state index contributed by atoms with van der Waals surface area (Å²) >= 11 is 1.72. The second-order valence-corrected chi connectivity index (χ2v) is 5.94. The van der Waals surface area contributed by atoms with Crippen molar-refractivity contribution < 1.29 is 4.79 Å². The molecule has 2 aromatic rings. The molecule has 3 heterocycles. The Morgan fingerprint density at radius 2 is 2.19 bits per heavy atom.